The van der Waals surface area contributed by atoms with Crippen molar-refractivity contribution in [2.45, 2.75) is 33.1 Å². The summed E-state index contributed by atoms with van der Waals surface area (Å²) in [5.74, 6) is 0. The minimum absolute atomic E-state index is 0.252. The lowest BCUT2D eigenvalue weighted by Gasteiger charge is -2.30. The minimum atomic E-state index is -0.252. The number of hydrogen-bond donors (Lipinski definition) is 0. The second kappa shape index (κ2) is 12.6. The lowest BCUT2D eigenvalue weighted by molar-refractivity contribution is 0.660. The van der Waals surface area contributed by atoms with Gasteiger partial charge < -0.3 is 9.47 Å². The zero-order valence-corrected chi connectivity index (χ0v) is 32.7. The fourth-order valence-corrected chi connectivity index (χ4v) is 9.54. The number of fused-ring (bicyclic) bond motifs is 9. The zero-order chi connectivity index (χ0) is 38.4. The van der Waals surface area contributed by atoms with Crippen molar-refractivity contribution in [2.75, 3.05) is 4.90 Å². The van der Waals surface area contributed by atoms with Gasteiger partial charge >= 0.3 is 0 Å². The zero-order valence-electron chi connectivity index (χ0n) is 32.7. The molecule has 1 aliphatic carbocycles. The van der Waals surface area contributed by atoms with Crippen LogP contribution in [0.4, 0.5) is 17.1 Å². The van der Waals surface area contributed by atoms with E-state index in [9.17, 15) is 0 Å². The Bertz CT molecular complexity index is 3220. The molecule has 0 saturated heterocycles. The molecule has 0 fully saturated rings. The average molecular weight is 731 g/mol. The summed E-state index contributed by atoms with van der Waals surface area (Å²) < 4.78 is 2.47. The molecule has 272 valence electrons. The molecular weight excluding hydrogens is 689 g/mol. The van der Waals surface area contributed by atoms with Gasteiger partial charge in [0.1, 0.15) is 0 Å². The fraction of sp³-hybridized carbons (Fsp3) is 0.0909. The highest BCUT2D eigenvalue weighted by molar-refractivity contribution is 6.12. The second-order valence-electron chi connectivity index (χ2n) is 16.4. The monoisotopic (exact) mass is 730 g/mol. The Morgan fingerprint density at radius 3 is 1.91 bits per heavy atom. The summed E-state index contributed by atoms with van der Waals surface area (Å²) in [5, 5.41) is 7.55. The molecular formula is C55H42N2. The van der Waals surface area contributed by atoms with E-state index >= 15 is 0 Å². The molecule has 1 aromatic heterocycles. The van der Waals surface area contributed by atoms with Gasteiger partial charge in [0.15, 0.2) is 0 Å². The largest absolute Gasteiger partial charge is 0.310 e. The fourth-order valence-electron chi connectivity index (χ4n) is 9.54. The smallest absolute Gasteiger partial charge is 0.0543 e. The molecule has 1 heterocycles. The summed E-state index contributed by atoms with van der Waals surface area (Å²) in [6, 6.07) is 67.7. The number of nitrogens with zero attached hydrogens (tertiary/aromatic N) is 2. The normalized spacial score (nSPS) is 13.1. The molecule has 0 atom stereocenters. The first kappa shape index (κ1) is 33.4. The van der Waals surface area contributed by atoms with Gasteiger partial charge in [-0.15, -0.1) is 0 Å². The first-order chi connectivity index (χ1) is 27.8. The van der Waals surface area contributed by atoms with E-state index in [0.717, 1.165) is 11.4 Å². The SMILES string of the molecule is Cc1ccc(N(c2ccc3ccccc3c2)c2cc3c(c4ccccc24)-c2ccc(-n4c5ccc(C)cc5c5cc(-c6ccccc6)ccc54)cc2C3(C)C)cc1. The van der Waals surface area contributed by atoms with Gasteiger partial charge in [0.2, 0.25) is 0 Å². The quantitative estimate of drug-likeness (QED) is 0.171. The molecule has 0 N–H and O–H groups in total. The molecule has 10 aromatic rings. The summed E-state index contributed by atoms with van der Waals surface area (Å²) >= 11 is 0. The van der Waals surface area contributed by atoms with Crippen molar-refractivity contribution in [1.82, 2.24) is 4.57 Å². The van der Waals surface area contributed by atoms with Crippen LogP contribution in [-0.4, -0.2) is 4.57 Å². The van der Waals surface area contributed by atoms with E-state index in [1.54, 1.807) is 0 Å². The van der Waals surface area contributed by atoms with Gasteiger partial charge in [-0.2, -0.15) is 0 Å². The topological polar surface area (TPSA) is 8.17 Å². The van der Waals surface area contributed by atoms with Gasteiger partial charge in [-0.05, 0) is 130 Å². The van der Waals surface area contributed by atoms with Crippen molar-refractivity contribution in [3.63, 3.8) is 0 Å². The maximum atomic E-state index is 2.49. The predicted octanol–water partition coefficient (Wildman–Crippen LogP) is 15.2. The van der Waals surface area contributed by atoms with Crippen LogP contribution in [-0.2, 0) is 5.41 Å². The maximum absolute atomic E-state index is 2.49. The van der Waals surface area contributed by atoms with Crippen LogP contribution in [0, 0.1) is 13.8 Å². The molecule has 0 saturated carbocycles. The molecule has 2 heteroatoms. The Labute approximate surface area is 333 Å². The molecule has 0 unspecified atom stereocenters. The molecule has 11 rings (SSSR count). The highest BCUT2D eigenvalue weighted by Gasteiger charge is 2.38. The van der Waals surface area contributed by atoms with Crippen molar-refractivity contribution < 1.29 is 0 Å². The summed E-state index contributed by atoms with van der Waals surface area (Å²) in [6.45, 7) is 9.17. The van der Waals surface area contributed by atoms with Crippen LogP contribution in [0.25, 0.3) is 71.3 Å². The minimum Gasteiger partial charge on any atom is -0.310 e. The van der Waals surface area contributed by atoms with Crippen LogP contribution in [0.1, 0.15) is 36.1 Å². The summed E-state index contributed by atoms with van der Waals surface area (Å²) in [4.78, 5) is 2.46. The van der Waals surface area contributed by atoms with Gasteiger partial charge in [-0.1, -0.05) is 140 Å². The molecule has 1 aliphatic rings. The van der Waals surface area contributed by atoms with E-state index in [0.29, 0.717) is 0 Å². The van der Waals surface area contributed by atoms with E-state index in [1.807, 2.05) is 0 Å². The number of rotatable bonds is 5. The van der Waals surface area contributed by atoms with Gasteiger partial charge in [0.05, 0.1) is 16.7 Å². The highest BCUT2D eigenvalue weighted by Crippen LogP contribution is 2.55. The van der Waals surface area contributed by atoms with E-state index in [1.165, 1.54) is 99.2 Å². The first-order valence-corrected chi connectivity index (χ1v) is 20.0. The maximum Gasteiger partial charge on any atom is 0.0543 e. The van der Waals surface area contributed by atoms with Crippen molar-refractivity contribution in [2.24, 2.45) is 0 Å². The molecule has 9 aromatic carbocycles. The lowest BCUT2D eigenvalue weighted by atomic mass is 9.81. The molecule has 0 bridgehead atoms. The second-order valence-corrected chi connectivity index (χ2v) is 16.4. The number of aryl methyl sites for hydroxylation is 2. The Kier molecular flexibility index (Phi) is 7.37. The summed E-state index contributed by atoms with van der Waals surface area (Å²) in [5.41, 5.74) is 17.2. The van der Waals surface area contributed by atoms with Gasteiger partial charge in [-0.25, -0.2) is 0 Å². The number of hydrogen-bond acceptors (Lipinski definition) is 1. The van der Waals surface area contributed by atoms with E-state index in [4.69, 9.17) is 0 Å². The Hall–Kier alpha value is -6.90. The van der Waals surface area contributed by atoms with Crippen molar-refractivity contribution in [3.05, 3.63) is 204 Å². The molecule has 0 spiro atoms. The van der Waals surface area contributed by atoms with E-state index in [-0.39, 0.29) is 5.41 Å². The molecule has 0 amide bonds. The van der Waals surface area contributed by atoms with Crippen LogP contribution in [0.5, 0.6) is 0 Å². The third-order valence-corrected chi connectivity index (χ3v) is 12.5. The molecule has 57 heavy (non-hydrogen) atoms. The molecule has 0 aliphatic heterocycles. The highest BCUT2D eigenvalue weighted by atomic mass is 15.1. The predicted molar refractivity (Wildman–Crippen MR) is 243 cm³/mol. The third kappa shape index (κ3) is 5.17. The van der Waals surface area contributed by atoms with Gasteiger partial charge in [0, 0.05) is 38.6 Å². The summed E-state index contributed by atoms with van der Waals surface area (Å²) in [7, 11) is 0. The Morgan fingerprint density at radius 2 is 1.11 bits per heavy atom. The Morgan fingerprint density at radius 1 is 0.439 bits per heavy atom. The van der Waals surface area contributed by atoms with Crippen molar-refractivity contribution in [3.8, 4) is 27.9 Å². The van der Waals surface area contributed by atoms with Crippen molar-refractivity contribution in [1.29, 1.82) is 0 Å². The number of benzene rings is 9. The number of anilines is 3. The number of aromatic nitrogens is 1. The summed E-state index contributed by atoms with van der Waals surface area (Å²) in [6.07, 6.45) is 0. The van der Waals surface area contributed by atoms with E-state index < -0.39 is 0 Å². The molecule has 0 radical (unpaired) electrons. The van der Waals surface area contributed by atoms with Crippen LogP contribution >= 0.6 is 0 Å². The van der Waals surface area contributed by atoms with Gasteiger partial charge in [-0.3, -0.25) is 0 Å². The average Bonchev–Trinajstić information content (AvgIpc) is 3.68. The van der Waals surface area contributed by atoms with Crippen LogP contribution in [0.3, 0.4) is 0 Å². The van der Waals surface area contributed by atoms with Crippen LogP contribution in [0.15, 0.2) is 182 Å². The van der Waals surface area contributed by atoms with Crippen molar-refractivity contribution >= 4 is 60.4 Å². The lowest BCUT2D eigenvalue weighted by Crippen LogP contribution is -2.17. The van der Waals surface area contributed by atoms with E-state index in [2.05, 4.69) is 219 Å². The van der Waals surface area contributed by atoms with Crippen LogP contribution < -0.4 is 4.90 Å². The Balaban J connectivity index is 1.12. The standard InChI is InChI=1S/C55H42N2/c1-35-18-23-41(24-19-35)56(42-25-21-38-14-8-9-15-39(38)31-42)53-34-50-54(45-17-11-10-16-44(45)53)46-27-26-43(33-49(46)55(50,3)4)57-51-28-20-36(2)30-47(51)48-32-40(22-29-52(48)57)37-12-6-5-7-13-37/h5-34H,1-4H3. The van der Waals surface area contributed by atoms with Gasteiger partial charge in [0.25, 0.3) is 0 Å². The third-order valence-electron chi connectivity index (χ3n) is 12.5. The molecule has 2 nitrogen and oxygen atoms in total. The van der Waals surface area contributed by atoms with Crippen LogP contribution in [0.2, 0.25) is 0 Å². The first-order valence-electron chi connectivity index (χ1n) is 20.0.